The topological polar surface area (TPSA) is 12.0 Å². The van der Waals surface area contributed by atoms with Gasteiger partial charge in [0.25, 0.3) is 0 Å². The van der Waals surface area contributed by atoms with Gasteiger partial charge in [0.05, 0.1) is 0 Å². The SMILES string of the molecule is CCCNCC1(C2=CCCCC2)CC(C)C1. The minimum Gasteiger partial charge on any atom is -0.316 e. The molecule has 1 N–H and O–H groups in total. The van der Waals surface area contributed by atoms with E-state index < -0.39 is 0 Å². The zero-order chi connectivity index (χ0) is 11.4. The minimum absolute atomic E-state index is 0.564. The summed E-state index contributed by atoms with van der Waals surface area (Å²) in [6.07, 6.45) is 12.2. The zero-order valence-electron chi connectivity index (χ0n) is 11.0. The third kappa shape index (κ3) is 2.51. The first kappa shape index (κ1) is 12.2. The summed E-state index contributed by atoms with van der Waals surface area (Å²) in [7, 11) is 0. The van der Waals surface area contributed by atoms with Gasteiger partial charge in [0.2, 0.25) is 0 Å². The van der Waals surface area contributed by atoms with E-state index in [-0.39, 0.29) is 0 Å². The highest BCUT2D eigenvalue weighted by Gasteiger charge is 2.44. The van der Waals surface area contributed by atoms with E-state index in [2.05, 4.69) is 25.2 Å². The summed E-state index contributed by atoms with van der Waals surface area (Å²) in [6.45, 7) is 7.07. The Morgan fingerprint density at radius 3 is 2.75 bits per heavy atom. The smallest absolute Gasteiger partial charge is 0.00454 e. The first-order valence-electron chi connectivity index (χ1n) is 7.17. The number of allylic oxidation sites excluding steroid dienone is 1. The molecule has 2 aliphatic carbocycles. The fourth-order valence-electron chi connectivity index (χ4n) is 3.62. The van der Waals surface area contributed by atoms with E-state index in [9.17, 15) is 0 Å². The third-order valence-corrected chi connectivity index (χ3v) is 4.34. The molecule has 0 radical (unpaired) electrons. The standard InChI is InChI=1S/C15H27N/c1-3-9-16-12-15(10-13(2)11-15)14-7-5-4-6-8-14/h7,13,16H,3-6,8-12H2,1-2H3. The van der Waals surface area contributed by atoms with Crippen LogP contribution in [0.5, 0.6) is 0 Å². The maximum Gasteiger partial charge on any atom is 0.00454 e. The summed E-state index contributed by atoms with van der Waals surface area (Å²) in [6, 6.07) is 0. The van der Waals surface area contributed by atoms with Gasteiger partial charge >= 0.3 is 0 Å². The lowest BCUT2D eigenvalue weighted by atomic mass is 9.57. The van der Waals surface area contributed by atoms with Crippen molar-refractivity contribution in [1.82, 2.24) is 5.32 Å². The van der Waals surface area contributed by atoms with Crippen LogP contribution < -0.4 is 5.32 Å². The Morgan fingerprint density at radius 1 is 1.38 bits per heavy atom. The van der Waals surface area contributed by atoms with Crippen molar-refractivity contribution in [3.05, 3.63) is 11.6 Å². The van der Waals surface area contributed by atoms with Crippen molar-refractivity contribution in [2.45, 2.75) is 58.8 Å². The van der Waals surface area contributed by atoms with E-state index in [0.29, 0.717) is 5.41 Å². The first-order chi connectivity index (χ1) is 7.77. The highest BCUT2D eigenvalue weighted by atomic mass is 14.9. The molecule has 2 aliphatic rings. The van der Waals surface area contributed by atoms with Gasteiger partial charge in [-0.3, -0.25) is 0 Å². The highest BCUT2D eigenvalue weighted by molar-refractivity contribution is 5.21. The van der Waals surface area contributed by atoms with Crippen LogP contribution in [0.3, 0.4) is 0 Å². The molecule has 0 bridgehead atoms. The molecular weight excluding hydrogens is 194 g/mol. The molecule has 1 fully saturated rings. The molecule has 0 aliphatic heterocycles. The Labute approximate surface area is 101 Å². The van der Waals surface area contributed by atoms with Crippen molar-refractivity contribution in [3.63, 3.8) is 0 Å². The maximum atomic E-state index is 3.65. The molecular formula is C15H27N. The van der Waals surface area contributed by atoms with Gasteiger partial charge < -0.3 is 5.32 Å². The molecule has 0 heterocycles. The maximum absolute atomic E-state index is 3.65. The third-order valence-electron chi connectivity index (χ3n) is 4.34. The van der Waals surface area contributed by atoms with Crippen molar-refractivity contribution in [1.29, 1.82) is 0 Å². The average molecular weight is 221 g/mol. The molecule has 0 amide bonds. The van der Waals surface area contributed by atoms with Gasteiger partial charge in [-0.2, -0.15) is 0 Å². The summed E-state index contributed by atoms with van der Waals surface area (Å²) in [4.78, 5) is 0. The van der Waals surface area contributed by atoms with Gasteiger partial charge in [0, 0.05) is 12.0 Å². The molecule has 2 rings (SSSR count). The van der Waals surface area contributed by atoms with E-state index >= 15 is 0 Å². The average Bonchev–Trinajstić information content (AvgIpc) is 2.28. The summed E-state index contributed by atoms with van der Waals surface area (Å²) in [5.74, 6) is 0.950. The molecule has 0 atom stereocenters. The zero-order valence-corrected chi connectivity index (χ0v) is 11.0. The normalized spacial score (nSPS) is 34.4. The predicted molar refractivity (Wildman–Crippen MR) is 70.5 cm³/mol. The van der Waals surface area contributed by atoms with Crippen molar-refractivity contribution < 1.29 is 0 Å². The summed E-state index contributed by atoms with van der Waals surface area (Å²) >= 11 is 0. The van der Waals surface area contributed by atoms with Crippen LogP contribution in [-0.4, -0.2) is 13.1 Å². The molecule has 16 heavy (non-hydrogen) atoms. The van der Waals surface area contributed by atoms with Crippen LogP contribution in [0.2, 0.25) is 0 Å². The molecule has 1 saturated carbocycles. The highest BCUT2D eigenvalue weighted by Crippen LogP contribution is 2.52. The second-order valence-corrected chi connectivity index (χ2v) is 5.95. The second kappa shape index (κ2) is 5.35. The van der Waals surface area contributed by atoms with E-state index in [1.54, 1.807) is 5.57 Å². The number of hydrogen-bond acceptors (Lipinski definition) is 1. The van der Waals surface area contributed by atoms with E-state index in [0.717, 1.165) is 5.92 Å². The quantitative estimate of drug-likeness (QED) is 0.548. The molecule has 0 unspecified atom stereocenters. The minimum atomic E-state index is 0.564. The van der Waals surface area contributed by atoms with Crippen molar-refractivity contribution in [2.24, 2.45) is 11.3 Å². The summed E-state index contributed by atoms with van der Waals surface area (Å²) < 4.78 is 0. The molecule has 0 aromatic rings. The Balaban J connectivity index is 1.95. The van der Waals surface area contributed by atoms with Gasteiger partial charge in [-0.05, 0) is 57.4 Å². The van der Waals surface area contributed by atoms with Crippen molar-refractivity contribution >= 4 is 0 Å². The van der Waals surface area contributed by atoms with E-state index in [4.69, 9.17) is 0 Å². The molecule has 0 aromatic carbocycles. The fraction of sp³-hybridized carbons (Fsp3) is 0.867. The Bertz CT molecular complexity index is 248. The molecule has 92 valence electrons. The van der Waals surface area contributed by atoms with Crippen LogP contribution >= 0.6 is 0 Å². The molecule has 1 heteroatoms. The first-order valence-corrected chi connectivity index (χ1v) is 7.17. The van der Waals surface area contributed by atoms with Crippen LogP contribution in [-0.2, 0) is 0 Å². The van der Waals surface area contributed by atoms with Crippen LogP contribution in [0.1, 0.15) is 58.8 Å². The van der Waals surface area contributed by atoms with Gasteiger partial charge in [0.15, 0.2) is 0 Å². The number of hydrogen-bond donors (Lipinski definition) is 1. The number of rotatable bonds is 5. The fourth-order valence-corrected chi connectivity index (χ4v) is 3.62. The van der Waals surface area contributed by atoms with Crippen LogP contribution in [0.25, 0.3) is 0 Å². The molecule has 1 nitrogen and oxygen atoms in total. The van der Waals surface area contributed by atoms with Crippen LogP contribution in [0.4, 0.5) is 0 Å². The number of nitrogens with one attached hydrogen (secondary N) is 1. The summed E-state index contributed by atoms with van der Waals surface area (Å²) in [5, 5.41) is 3.65. The van der Waals surface area contributed by atoms with E-state index in [1.807, 2.05) is 0 Å². The lowest BCUT2D eigenvalue weighted by Crippen LogP contribution is -2.46. The lowest BCUT2D eigenvalue weighted by molar-refractivity contribution is 0.100. The Kier molecular flexibility index (Phi) is 4.07. The van der Waals surface area contributed by atoms with E-state index in [1.165, 1.54) is 58.0 Å². The van der Waals surface area contributed by atoms with Crippen molar-refractivity contribution in [3.8, 4) is 0 Å². The molecule has 0 spiro atoms. The second-order valence-electron chi connectivity index (χ2n) is 5.95. The van der Waals surface area contributed by atoms with Crippen LogP contribution in [0.15, 0.2) is 11.6 Å². The van der Waals surface area contributed by atoms with Gasteiger partial charge in [-0.15, -0.1) is 0 Å². The van der Waals surface area contributed by atoms with Crippen molar-refractivity contribution in [2.75, 3.05) is 13.1 Å². The predicted octanol–water partition coefficient (Wildman–Crippen LogP) is 3.90. The molecule has 0 aromatic heterocycles. The summed E-state index contributed by atoms with van der Waals surface area (Å²) in [5.41, 5.74) is 2.36. The Morgan fingerprint density at radius 2 is 2.19 bits per heavy atom. The van der Waals surface area contributed by atoms with Crippen LogP contribution in [0, 0.1) is 11.3 Å². The van der Waals surface area contributed by atoms with Gasteiger partial charge in [0.1, 0.15) is 0 Å². The van der Waals surface area contributed by atoms with Gasteiger partial charge in [-0.1, -0.05) is 25.5 Å². The largest absolute Gasteiger partial charge is 0.316 e. The van der Waals surface area contributed by atoms with Gasteiger partial charge in [-0.25, -0.2) is 0 Å². The Hall–Kier alpha value is -0.300. The molecule has 0 saturated heterocycles. The monoisotopic (exact) mass is 221 g/mol. The lowest BCUT2D eigenvalue weighted by Gasteiger charge is -2.49.